The molecule has 0 aliphatic carbocycles. The molecule has 1 aromatic carbocycles. The Morgan fingerprint density at radius 1 is 1.33 bits per heavy atom. The largest absolute Gasteiger partial charge is 0.304 e. The minimum Gasteiger partial charge on any atom is -0.304 e. The van der Waals surface area contributed by atoms with Crippen LogP contribution < -0.4 is 4.90 Å². The van der Waals surface area contributed by atoms with Crippen LogP contribution in [0.25, 0.3) is 0 Å². The van der Waals surface area contributed by atoms with Gasteiger partial charge in [-0.2, -0.15) is 0 Å². The summed E-state index contributed by atoms with van der Waals surface area (Å²) < 4.78 is 0.688. The van der Waals surface area contributed by atoms with Gasteiger partial charge >= 0.3 is 0 Å². The Bertz CT molecular complexity index is 528. The number of fused-ring (bicyclic) bond motifs is 1. The van der Waals surface area contributed by atoms with E-state index in [9.17, 15) is 9.59 Å². The Morgan fingerprint density at radius 3 is 2.61 bits per heavy atom. The third kappa shape index (κ3) is 2.31. The molecule has 0 atom stereocenters. The van der Waals surface area contributed by atoms with E-state index >= 15 is 0 Å². The summed E-state index contributed by atoms with van der Waals surface area (Å²) in [4.78, 5) is 25.4. The van der Waals surface area contributed by atoms with Gasteiger partial charge in [-0.25, -0.2) is 0 Å². The summed E-state index contributed by atoms with van der Waals surface area (Å²) >= 11 is 9.27. The van der Waals surface area contributed by atoms with Crippen LogP contribution in [0.3, 0.4) is 0 Å². The molecular weight excluding hydrogens is 318 g/mol. The second-order valence-electron chi connectivity index (χ2n) is 4.75. The predicted octanol–water partition coefficient (Wildman–Crippen LogP) is 3.68. The molecule has 2 rings (SSSR count). The van der Waals surface area contributed by atoms with Crippen LogP contribution in [0.15, 0.2) is 16.6 Å². The molecule has 18 heavy (non-hydrogen) atoms. The second-order valence-corrected chi connectivity index (χ2v) is 6.04. The van der Waals surface area contributed by atoms with Gasteiger partial charge in [0, 0.05) is 16.0 Å². The van der Waals surface area contributed by atoms with Crippen molar-refractivity contribution in [2.24, 2.45) is 5.92 Å². The SMILES string of the molecule is CC(C)CCN1C(=O)C(=O)c2cc(Cl)cc(Br)c21. The number of amides is 1. The lowest BCUT2D eigenvalue weighted by Gasteiger charge is -2.18. The number of hydrogen-bond donors (Lipinski definition) is 0. The molecule has 1 aromatic rings. The molecule has 0 saturated heterocycles. The van der Waals surface area contributed by atoms with E-state index in [0.29, 0.717) is 33.2 Å². The van der Waals surface area contributed by atoms with Gasteiger partial charge in [0.15, 0.2) is 0 Å². The molecule has 96 valence electrons. The Labute approximate surface area is 119 Å². The normalized spacial score (nSPS) is 14.6. The zero-order valence-electron chi connectivity index (χ0n) is 10.2. The van der Waals surface area contributed by atoms with Crippen LogP contribution in [0.4, 0.5) is 5.69 Å². The van der Waals surface area contributed by atoms with Crippen molar-refractivity contribution in [3.8, 4) is 0 Å². The predicted molar refractivity (Wildman–Crippen MR) is 75.3 cm³/mol. The molecule has 1 heterocycles. The monoisotopic (exact) mass is 329 g/mol. The van der Waals surface area contributed by atoms with E-state index in [4.69, 9.17) is 11.6 Å². The quantitative estimate of drug-likeness (QED) is 0.793. The maximum absolute atomic E-state index is 12.0. The first-order chi connectivity index (χ1) is 8.41. The van der Waals surface area contributed by atoms with E-state index in [0.717, 1.165) is 6.42 Å². The number of carbonyl (C=O) groups is 2. The van der Waals surface area contributed by atoms with E-state index in [-0.39, 0.29) is 0 Å². The highest BCUT2D eigenvalue weighted by atomic mass is 79.9. The lowest BCUT2D eigenvalue weighted by molar-refractivity contribution is -0.114. The van der Waals surface area contributed by atoms with Crippen molar-refractivity contribution < 1.29 is 9.59 Å². The topological polar surface area (TPSA) is 37.4 Å². The Hall–Kier alpha value is -0.870. The molecule has 1 aliphatic rings. The number of benzene rings is 1. The highest BCUT2D eigenvalue weighted by Gasteiger charge is 2.37. The summed E-state index contributed by atoms with van der Waals surface area (Å²) in [6.45, 7) is 4.72. The fourth-order valence-corrected chi connectivity index (χ4v) is 2.98. The molecule has 0 radical (unpaired) electrons. The molecule has 0 saturated carbocycles. The fraction of sp³-hybridized carbons (Fsp3) is 0.385. The van der Waals surface area contributed by atoms with Gasteiger partial charge in [0.25, 0.3) is 11.7 Å². The number of rotatable bonds is 3. The number of ketones is 1. The molecule has 3 nitrogen and oxygen atoms in total. The molecule has 0 spiro atoms. The van der Waals surface area contributed by atoms with E-state index in [1.807, 2.05) is 0 Å². The van der Waals surface area contributed by atoms with Crippen molar-refractivity contribution in [3.05, 3.63) is 27.2 Å². The van der Waals surface area contributed by atoms with Gasteiger partial charge in [0.1, 0.15) is 0 Å². The van der Waals surface area contributed by atoms with Crippen molar-refractivity contribution >= 4 is 44.9 Å². The Balaban J connectivity index is 2.42. The van der Waals surface area contributed by atoms with Crippen LogP contribution in [0.2, 0.25) is 5.02 Å². The van der Waals surface area contributed by atoms with Crippen molar-refractivity contribution in [3.63, 3.8) is 0 Å². The number of carbonyl (C=O) groups excluding carboxylic acids is 2. The third-order valence-corrected chi connectivity index (χ3v) is 3.73. The molecule has 1 aliphatic heterocycles. The van der Waals surface area contributed by atoms with Crippen LogP contribution in [0, 0.1) is 5.92 Å². The second kappa shape index (κ2) is 5.02. The number of halogens is 2. The number of anilines is 1. The highest BCUT2D eigenvalue weighted by molar-refractivity contribution is 9.10. The minimum absolute atomic E-state index is 0.392. The van der Waals surface area contributed by atoms with Crippen molar-refractivity contribution in [2.45, 2.75) is 20.3 Å². The zero-order valence-corrected chi connectivity index (χ0v) is 12.5. The van der Waals surface area contributed by atoms with Gasteiger partial charge in [0.2, 0.25) is 0 Å². The first-order valence-corrected chi connectivity index (χ1v) is 6.94. The smallest absolute Gasteiger partial charge is 0.299 e. The van der Waals surface area contributed by atoms with Gasteiger partial charge < -0.3 is 4.90 Å². The van der Waals surface area contributed by atoms with Crippen LogP contribution >= 0.6 is 27.5 Å². The van der Waals surface area contributed by atoms with Gasteiger partial charge in [0.05, 0.1) is 11.3 Å². The summed E-state index contributed by atoms with van der Waals surface area (Å²) in [7, 11) is 0. The van der Waals surface area contributed by atoms with Gasteiger partial charge in [-0.3, -0.25) is 9.59 Å². The van der Waals surface area contributed by atoms with Crippen LogP contribution in [-0.2, 0) is 4.79 Å². The van der Waals surface area contributed by atoms with Crippen molar-refractivity contribution in [1.29, 1.82) is 0 Å². The van der Waals surface area contributed by atoms with Crippen LogP contribution in [0.1, 0.15) is 30.6 Å². The summed E-state index contributed by atoms with van der Waals surface area (Å²) in [6.07, 6.45) is 0.855. The van der Waals surface area contributed by atoms with Crippen molar-refractivity contribution in [2.75, 3.05) is 11.4 Å². The summed E-state index contributed by atoms with van der Waals surface area (Å²) in [5.41, 5.74) is 1.04. The standard InChI is InChI=1S/C13H13BrClNO2/c1-7(2)3-4-16-11-9(12(17)13(16)18)5-8(15)6-10(11)14/h5-7H,3-4H2,1-2H3. The van der Waals surface area contributed by atoms with E-state index in [1.165, 1.54) is 4.90 Å². The Morgan fingerprint density at radius 2 is 2.00 bits per heavy atom. The van der Waals surface area contributed by atoms with E-state index in [1.54, 1.807) is 12.1 Å². The lowest BCUT2D eigenvalue weighted by atomic mass is 10.1. The molecule has 0 aromatic heterocycles. The molecule has 0 N–H and O–H groups in total. The number of Topliss-reactive ketones (excluding diaryl/α,β-unsaturated/α-hetero) is 1. The fourth-order valence-electron chi connectivity index (χ4n) is 1.95. The maximum atomic E-state index is 12.0. The third-order valence-electron chi connectivity index (χ3n) is 2.91. The van der Waals surface area contributed by atoms with Gasteiger partial charge in [-0.05, 0) is 40.4 Å². The lowest BCUT2D eigenvalue weighted by Crippen LogP contribution is -2.31. The molecule has 0 bridgehead atoms. The first-order valence-electron chi connectivity index (χ1n) is 5.77. The average molecular weight is 331 g/mol. The highest BCUT2D eigenvalue weighted by Crippen LogP contribution is 2.38. The molecule has 0 fully saturated rings. The maximum Gasteiger partial charge on any atom is 0.299 e. The summed E-state index contributed by atoms with van der Waals surface area (Å²) in [5, 5.41) is 0.451. The minimum atomic E-state index is -0.475. The molecule has 1 amide bonds. The van der Waals surface area contributed by atoms with Crippen LogP contribution in [-0.4, -0.2) is 18.2 Å². The zero-order chi connectivity index (χ0) is 13.4. The molecule has 5 heteroatoms. The average Bonchev–Trinajstić information content (AvgIpc) is 2.51. The van der Waals surface area contributed by atoms with E-state index < -0.39 is 11.7 Å². The van der Waals surface area contributed by atoms with Crippen molar-refractivity contribution in [1.82, 2.24) is 0 Å². The number of nitrogens with zero attached hydrogens (tertiary/aromatic N) is 1. The Kier molecular flexibility index (Phi) is 3.78. The van der Waals surface area contributed by atoms with Gasteiger partial charge in [-0.1, -0.05) is 25.4 Å². The molecule has 0 unspecified atom stereocenters. The van der Waals surface area contributed by atoms with Gasteiger partial charge in [-0.15, -0.1) is 0 Å². The summed E-state index contributed by atoms with van der Waals surface area (Å²) in [5.74, 6) is -0.464. The van der Waals surface area contributed by atoms with E-state index in [2.05, 4.69) is 29.8 Å². The van der Waals surface area contributed by atoms with Crippen LogP contribution in [0.5, 0.6) is 0 Å². The first kappa shape index (κ1) is 13.6. The number of hydrogen-bond acceptors (Lipinski definition) is 2. The summed E-state index contributed by atoms with van der Waals surface area (Å²) in [6, 6.07) is 3.26. The molecular formula is C13H13BrClNO2.